The van der Waals surface area contributed by atoms with Gasteiger partial charge in [0.25, 0.3) is 15.7 Å². The highest BCUT2D eigenvalue weighted by Crippen LogP contribution is 2.28. The number of nitro groups is 1. The number of hydrogen-bond acceptors (Lipinski definition) is 7. The first kappa shape index (κ1) is 23.6. The van der Waals surface area contributed by atoms with Gasteiger partial charge in [0.1, 0.15) is 4.90 Å². The van der Waals surface area contributed by atoms with E-state index >= 15 is 0 Å². The number of carbonyl (C=O) groups excluding carboxylic acids is 1. The molecule has 10 nitrogen and oxygen atoms in total. The lowest BCUT2D eigenvalue weighted by Crippen LogP contribution is -2.38. The maximum Gasteiger partial charge on any atom is 0.285 e. The lowest BCUT2D eigenvalue weighted by molar-refractivity contribution is -0.384. The minimum absolute atomic E-state index is 0.0761. The summed E-state index contributed by atoms with van der Waals surface area (Å²) < 4.78 is 29.0. The van der Waals surface area contributed by atoms with Gasteiger partial charge in [0.15, 0.2) is 5.84 Å². The number of nitrogens with one attached hydrogen (secondary N) is 1. The van der Waals surface area contributed by atoms with E-state index < -0.39 is 14.9 Å². The molecule has 4 rings (SSSR count). The minimum atomic E-state index is -3.88. The molecule has 11 heteroatoms. The monoisotopic (exact) mass is 483 g/mol. The number of hydrazone groups is 1. The van der Waals surface area contributed by atoms with Crippen molar-refractivity contribution in [2.45, 2.75) is 49.5 Å². The molecule has 178 valence electrons. The van der Waals surface area contributed by atoms with Crippen LogP contribution in [0, 0.1) is 10.1 Å². The van der Waals surface area contributed by atoms with E-state index in [1.165, 1.54) is 41.9 Å². The van der Waals surface area contributed by atoms with E-state index in [0.717, 1.165) is 25.7 Å². The van der Waals surface area contributed by atoms with Crippen LogP contribution in [0.5, 0.6) is 0 Å². The Kier molecular flexibility index (Phi) is 7.01. The summed E-state index contributed by atoms with van der Waals surface area (Å²) in [5, 5.41) is 19.8. The van der Waals surface area contributed by atoms with Crippen LogP contribution in [-0.4, -0.2) is 48.9 Å². The van der Waals surface area contributed by atoms with E-state index in [2.05, 4.69) is 14.8 Å². The second kappa shape index (κ2) is 10.1. The summed E-state index contributed by atoms with van der Waals surface area (Å²) in [5.74, 6) is -0.0278. The second-order valence-corrected chi connectivity index (χ2v) is 9.83. The van der Waals surface area contributed by atoms with Gasteiger partial charge in [0, 0.05) is 35.7 Å². The number of benzene rings is 2. The molecule has 0 saturated heterocycles. The Hall–Kier alpha value is -3.60. The maximum atomic E-state index is 12.6. The molecule has 34 heavy (non-hydrogen) atoms. The molecule has 0 spiro atoms. The smallest absolute Gasteiger partial charge is 0.285 e. The van der Waals surface area contributed by atoms with Gasteiger partial charge in [-0.15, -0.1) is 4.40 Å². The van der Waals surface area contributed by atoms with Crippen LogP contribution in [0.2, 0.25) is 0 Å². The third kappa shape index (κ3) is 5.48. The number of nitro benzene ring substituents is 1. The predicted molar refractivity (Wildman–Crippen MR) is 127 cm³/mol. The quantitative estimate of drug-likeness (QED) is 0.365. The fourth-order valence-electron chi connectivity index (χ4n) is 4.10. The molecule has 2 aromatic rings. The summed E-state index contributed by atoms with van der Waals surface area (Å²) in [7, 11) is -3.88. The van der Waals surface area contributed by atoms with Crippen molar-refractivity contribution in [1.29, 1.82) is 0 Å². The minimum Gasteiger partial charge on any atom is -0.353 e. The predicted octanol–water partition coefficient (Wildman–Crippen LogP) is 3.22. The van der Waals surface area contributed by atoms with E-state index in [-0.39, 0.29) is 41.3 Å². The number of non-ortho nitro benzene ring substituents is 1. The first-order valence-corrected chi connectivity index (χ1v) is 12.6. The molecule has 1 fully saturated rings. The zero-order valence-electron chi connectivity index (χ0n) is 18.5. The summed E-state index contributed by atoms with van der Waals surface area (Å²) in [4.78, 5) is 23.2. The topological polar surface area (TPSA) is 134 Å². The van der Waals surface area contributed by atoms with Gasteiger partial charge in [-0.1, -0.05) is 43.5 Å². The average molecular weight is 484 g/mol. The SMILES string of the molecule is O=C(CCN(N=Cc1cccc([N+](=O)[O-])c1)C1=NS(=O)(=O)c2ccccc21)NC1CCCCC1. The van der Waals surface area contributed by atoms with Crippen molar-refractivity contribution in [3.8, 4) is 0 Å². The van der Waals surface area contributed by atoms with Crippen LogP contribution in [-0.2, 0) is 14.8 Å². The highest BCUT2D eigenvalue weighted by molar-refractivity contribution is 7.90. The zero-order chi connectivity index (χ0) is 24.1. The first-order valence-electron chi connectivity index (χ1n) is 11.1. The van der Waals surface area contributed by atoms with Crippen molar-refractivity contribution in [2.24, 2.45) is 9.50 Å². The fraction of sp³-hybridized carbons (Fsp3) is 0.348. The first-order chi connectivity index (χ1) is 16.3. The lowest BCUT2D eigenvalue weighted by atomic mass is 9.95. The molecule has 0 unspecified atom stereocenters. The Balaban J connectivity index is 1.57. The number of sulfonamides is 1. The van der Waals surface area contributed by atoms with Gasteiger partial charge >= 0.3 is 0 Å². The molecule has 1 N–H and O–H groups in total. The van der Waals surface area contributed by atoms with Crippen LogP contribution < -0.4 is 5.32 Å². The van der Waals surface area contributed by atoms with Gasteiger partial charge in [0.2, 0.25) is 5.91 Å². The van der Waals surface area contributed by atoms with E-state index in [0.29, 0.717) is 11.1 Å². The van der Waals surface area contributed by atoms with Crippen LogP contribution in [0.4, 0.5) is 5.69 Å². The number of fused-ring (bicyclic) bond motifs is 1. The Morgan fingerprint density at radius 2 is 1.94 bits per heavy atom. The van der Waals surface area contributed by atoms with E-state index in [9.17, 15) is 23.3 Å². The Bertz CT molecular complexity index is 1250. The zero-order valence-corrected chi connectivity index (χ0v) is 19.3. The highest BCUT2D eigenvalue weighted by atomic mass is 32.2. The van der Waals surface area contributed by atoms with Gasteiger partial charge in [-0.3, -0.25) is 14.9 Å². The molecule has 2 aliphatic rings. The molecule has 2 aromatic carbocycles. The van der Waals surface area contributed by atoms with Crippen molar-refractivity contribution < 1.29 is 18.1 Å². The van der Waals surface area contributed by atoms with Crippen molar-refractivity contribution in [3.63, 3.8) is 0 Å². The Labute approximate surface area is 197 Å². The molecule has 1 amide bonds. The van der Waals surface area contributed by atoms with Crippen LogP contribution >= 0.6 is 0 Å². The number of amides is 1. The number of amidine groups is 1. The van der Waals surface area contributed by atoms with Crippen LogP contribution in [0.1, 0.15) is 49.7 Å². The molecule has 1 aliphatic carbocycles. The molecule has 1 heterocycles. The summed E-state index contributed by atoms with van der Waals surface area (Å²) in [6.07, 6.45) is 6.76. The fourth-order valence-corrected chi connectivity index (χ4v) is 5.31. The number of rotatable bonds is 7. The summed E-state index contributed by atoms with van der Waals surface area (Å²) in [5.41, 5.74) is 0.764. The Morgan fingerprint density at radius 1 is 1.18 bits per heavy atom. The number of nitrogens with zero attached hydrogens (tertiary/aromatic N) is 4. The molecule has 0 atom stereocenters. The van der Waals surface area contributed by atoms with E-state index in [4.69, 9.17) is 0 Å². The van der Waals surface area contributed by atoms with E-state index in [1.807, 2.05) is 0 Å². The van der Waals surface area contributed by atoms with Crippen LogP contribution in [0.3, 0.4) is 0 Å². The normalized spacial score (nSPS) is 17.2. The number of carbonyl (C=O) groups is 1. The molecule has 0 radical (unpaired) electrons. The van der Waals surface area contributed by atoms with Crippen molar-refractivity contribution >= 4 is 33.7 Å². The molecular weight excluding hydrogens is 458 g/mol. The highest BCUT2D eigenvalue weighted by Gasteiger charge is 2.32. The standard InChI is InChI=1S/C23H25N5O5S/c29-22(25-18-8-2-1-3-9-18)13-14-27(24-16-17-7-6-10-19(15-17)28(30)31)23-20-11-4-5-12-21(20)34(32,33)26-23/h4-7,10-12,15-16,18H,1-3,8-9,13-14H2,(H,25,29). The molecule has 1 saturated carbocycles. The van der Waals surface area contributed by atoms with Gasteiger partial charge in [-0.2, -0.15) is 13.5 Å². The maximum absolute atomic E-state index is 12.6. The van der Waals surface area contributed by atoms with Crippen molar-refractivity contribution in [2.75, 3.05) is 6.54 Å². The van der Waals surface area contributed by atoms with Crippen molar-refractivity contribution in [3.05, 3.63) is 69.8 Å². The van der Waals surface area contributed by atoms with Gasteiger partial charge in [-0.05, 0) is 25.0 Å². The largest absolute Gasteiger partial charge is 0.353 e. The second-order valence-electron chi connectivity index (χ2n) is 8.26. The molecule has 0 bridgehead atoms. The van der Waals surface area contributed by atoms with Gasteiger partial charge in [0.05, 0.1) is 17.7 Å². The number of hydrogen-bond donors (Lipinski definition) is 1. The third-order valence-electron chi connectivity index (χ3n) is 5.81. The lowest BCUT2D eigenvalue weighted by Gasteiger charge is -2.24. The summed E-state index contributed by atoms with van der Waals surface area (Å²) in [6.45, 7) is 0.0899. The summed E-state index contributed by atoms with van der Waals surface area (Å²) in [6, 6.07) is 12.5. The Morgan fingerprint density at radius 3 is 2.71 bits per heavy atom. The van der Waals surface area contributed by atoms with E-state index in [1.54, 1.807) is 24.3 Å². The van der Waals surface area contributed by atoms with Crippen molar-refractivity contribution in [1.82, 2.24) is 10.3 Å². The third-order valence-corrected chi connectivity index (χ3v) is 7.13. The molecular formula is C23H25N5O5S. The van der Waals surface area contributed by atoms with Gasteiger partial charge in [-0.25, -0.2) is 5.01 Å². The average Bonchev–Trinajstić information content (AvgIpc) is 3.11. The van der Waals surface area contributed by atoms with Crippen LogP contribution in [0.25, 0.3) is 0 Å². The van der Waals surface area contributed by atoms with Gasteiger partial charge < -0.3 is 5.32 Å². The molecule has 1 aliphatic heterocycles. The van der Waals surface area contributed by atoms with Crippen LogP contribution in [0.15, 0.2) is 62.9 Å². The molecule has 0 aromatic heterocycles. The summed E-state index contributed by atoms with van der Waals surface area (Å²) >= 11 is 0.